The molecule has 0 amide bonds. The second-order valence-corrected chi connectivity index (χ2v) is 4.30. The van der Waals surface area contributed by atoms with E-state index in [9.17, 15) is 13.2 Å². The van der Waals surface area contributed by atoms with Gasteiger partial charge in [0.15, 0.2) is 0 Å². The van der Waals surface area contributed by atoms with Gasteiger partial charge in [-0.25, -0.2) is 0 Å². The van der Waals surface area contributed by atoms with Gasteiger partial charge in [-0.3, -0.25) is 0 Å². The Bertz CT molecular complexity index is 360. The van der Waals surface area contributed by atoms with Crippen LogP contribution in [0, 0.1) is 0 Å². The number of rotatable bonds is 5. The van der Waals surface area contributed by atoms with Gasteiger partial charge >= 0.3 is 6.18 Å². The Balaban J connectivity index is 2.35. The summed E-state index contributed by atoms with van der Waals surface area (Å²) >= 11 is 0. The molecule has 1 aromatic carbocycles. The van der Waals surface area contributed by atoms with Crippen LogP contribution in [0.4, 0.5) is 13.2 Å². The van der Waals surface area contributed by atoms with Crippen LogP contribution in [0.2, 0.25) is 0 Å². The van der Waals surface area contributed by atoms with E-state index in [1.807, 2.05) is 31.2 Å². The summed E-state index contributed by atoms with van der Waals surface area (Å²) < 4.78 is 35.7. The molecule has 0 unspecified atom stereocenters. The maximum atomic E-state index is 11.9. The van der Waals surface area contributed by atoms with Crippen LogP contribution >= 0.6 is 0 Å². The monoisotopic (exact) mass is 242 g/mol. The van der Waals surface area contributed by atoms with Crippen LogP contribution < -0.4 is 0 Å². The second kappa shape index (κ2) is 5.89. The summed E-state index contributed by atoms with van der Waals surface area (Å²) in [5.41, 5.74) is 3.15. The van der Waals surface area contributed by atoms with Crippen molar-refractivity contribution < 1.29 is 13.2 Å². The fraction of sp³-hybridized carbons (Fsp3) is 0.429. The fourth-order valence-electron chi connectivity index (χ4n) is 1.61. The minimum absolute atomic E-state index is 0.200. The van der Waals surface area contributed by atoms with E-state index in [2.05, 4.69) is 6.58 Å². The van der Waals surface area contributed by atoms with Crippen LogP contribution in [-0.4, -0.2) is 6.18 Å². The summed E-state index contributed by atoms with van der Waals surface area (Å²) in [6.45, 7) is 5.76. The Kier molecular flexibility index (Phi) is 4.79. The summed E-state index contributed by atoms with van der Waals surface area (Å²) in [5, 5.41) is 0. The molecule has 0 bridgehead atoms. The molecule has 1 aromatic rings. The lowest BCUT2D eigenvalue weighted by molar-refractivity contribution is -0.135. The molecule has 17 heavy (non-hydrogen) atoms. The van der Waals surface area contributed by atoms with Crippen LogP contribution in [0.3, 0.4) is 0 Å². The number of aryl methyl sites for hydroxylation is 1. The van der Waals surface area contributed by atoms with Gasteiger partial charge in [0, 0.05) is 6.42 Å². The fourth-order valence-corrected chi connectivity index (χ4v) is 1.61. The minimum atomic E-state index is -4.02. The molecular weight excluding hydrogens is 225 g/mol. The van der Waals surface area contributed by atoms with Gasteiger partial charge in [-0.1, -0.05) is 36.4 Å². The molecule has 94 valence electrons. The van der Waals surface area contributed by atoms with Gasteiger partial charge in [-0.05, 0) is 37.3 Å². The lowest BCUT2D eigenvalue weighted by Gasteiger charge is -2.06. The molecule has 0 heterocycles. The van der Waals surface area contributed by atoms with Crippen molar-refractivity contribution in [2.75, 3.05) is 0 Å². The highest BCUT2D eigenvalue weighted by Crippen LogP contribution is 2.23. The summed E-state index contributed by atoms with van der Waals surface area (Å²) in [4.78, 5) is 0. The van der Waals surface area contributed by atoms with Gasteiger partial charge < -0.3 is 0 Å². The number of benzene rings is 1. The van der Waals surface area contributed by atoms with E-state index in [0.717, 1.165) is 16.7 Å². The lowest BCUT2D eigenvalue weighted by Crippen LogP contribution is -2.06. The molecule has 0 N–H and O–H groups in total. The minimum Gasteiger partial charge on any atom is -0.171 e. The average Bonchev–Trinajstić information content (AvgIpc) is 2.24. The first-order valence-corrected chi connectivity index (χ1v) is 5.70. The highest BCUT2D eigenvalue weighted by atomic mass is 19.4. The first kappa shape index (κ1) is 13.8. The predicted octanol–water partition coefficient (Wildman–Crippen LogP) is 4.99. The quantitative estimate of drug-likeness (QED) is 0.638. The first-order valence-electron chi connectivity index (χ1n) is 5.70. The van der Waals surface area contributed by atoms with E-state index in [1.54, 1.807) is 0 Å². The van der Waals surface area contributed by atoms with Crippen molar-refractivity contribution in [3.05, 3.63) is 42.0 Å². The molecule has 0 fully saturated rings. The Morgan fingerprint density at radius 2 is 1.71 bits per heavy atom. The molecule has 0 aliphatic rings. The van der Waals surface area contributed by atoms with Crippen molar-refractivity contribution in [1.82, 2.24) is 0 Å². The number of alkyl halides is 3. The molecule has 1 rings (SSSR count). The Morgan fingerprint density at radius 3 is 2.18 bits per heavy atom. The average molecular weight is 242 g/mol. The molecule has 0 spiro atoms. The highest BCUT2D eigenvalue weighted by molar-refractivity contribution is 5.61. The maximum absolute atomic E-state index is 11.9. The van der Waals surface area contributed by atoms with E-state index in [1.165, 1.54) is 0 Å². The summed E-state index contributed by atoms with van der Waals surface area (Å²) in [5.74, 6) is 0. The topological polar surface area (TPSA) is 0 Å². The number of halogens is 3. The van der Waals surface area contributed by atoms with Gasteiger partial charge in [0.05, 0.1) is 0 Å². The van der Waals surface area contributed by atoms with Gasteiger partial charge in [0.25, 0.3) is 0 Å². The number of hydrogen-bond donors (Lipinski definition) is 0. The van der Waals surface area contributed by atoms with Crippen molar-refractivity contribution >= 4 is 5.57 Å². The zero-order chi connectivity index (χ0) is 12.9. The normalized spacial score (nSPS) is 11.5. The molecule has 3 heteroatoms. The number of hydrogen-bond acceptors (Lipinski definition) is 0. The van der Waals surface area contributed by atoms with Crippen molar-refractivity contribution in [2.24, 2.45) is 0 Å². The molecular formula is C14H17F3. The maximum Gasteiger partial charge on any atom is 0.389 e. The zero-order valence-corrected chi connectivity index (χ0v) is 9.98. The van der Waals surface area contributed by atoms with Gasteiger partial charge in [-0.2, -0.15) is 13.2 Å². The van der Waals surface area contributed by atoms with E-state index >= 15 is 0 Å². The predicted molar refractivity (Wildman–Crippen MR) is 64.8 cm³/mol. The summed E-state index contributed by atoms with van der Waals surface area (Å²) in [6, 6.07) is 7.83. The van der Waals surface area contributed by atoms with Gasteiger partial charge in [0.1, 0.15) is 0 Å². The van der Waals surface area contributed by atoms with Crippen molar-refractivity contribution in [3.63, 3.8) is 0 Å². The van der Waals surface area contributed by atoms with Crippen LogP contribution in [0.15, 0.2) is 30.8 Å². The first-order chi connectivity index (χ1) is 7.88. The third-order valence-corrected chi connectivity index (χ3v) is 2.62. The smallest absolute Gasteiger partial charge is 0.171 e. The summed E-state index contributed by atoms with van der Waals surface area (Å²) in [6.07, 6.45) is -3.23. The van der Waals surface area contributed by atoms with Gasteiger partial charge in [-0.15, -0.1) is 0 Å². The van der Waals surface area contributed by atoms with E-state index in [-0.39, 0.29) is 6.42 Å². The molecule has 0 saturated heterocycles. The number of unbranched alkanes of at least 4 members (excludes halogenated alkanes) is 1. The molecule has 0 saturated carbocycles. The number of allylic oxidation sites excluding steroid dienone is 1. The molecule has 0 radical (unpaired) electrons. The highest BCUT2D eigenvalue weighted by Gasteiger charge is 2.25. The molecule has 0 aliphatic carbocycles. The van der Waals surface area contributed by atoms with Gasteiger partial charge in [0.2, 0.25) is 0 Å². The third kappa shape index (κ3) is 5.57. The summed E-state index contributed by atoms with van der Waals surface area (Å²) in [7, 11) is 0. The SMILES string of the molecule is C=C(C)c1ccc(CCCCC(F)(F)F)cc1. The zero-order valence-electron chi connectivity index (χ0n) is 9.98. The van der Waals surface area contributed by atoms with Crippen molar-refractivity contribution in [2.45, 2.75) is 38.8 Å². The van der Waals surface area contributed by atoms with Crippen LogP contribution in [0.1, 0.15) is 37.3 Å². The Morgan fingerprint density at radius 1 is 1.12 bits per heavy atom. The Hall–Kier alpha value is -1.25. The largest absolute Gasteiger partial charge is 0.389 e. The lowest BCUT2D eigenvalue weighted by atomic mass is 10.0. The molecule has 0 nitrogen and oxygen atoms in total. The van der Waals surface area contributed by atoms with Crippen LogP contribution in [0.5, 0.6) is 0 Å². The van der Waals surface area contributed by atoms with E-state index < -0.39 is 12.6 Å². The van der Waals surface area contributed by atoms with E-state index in [4.69, 9.17) is 0 Å². The molecule has 0 aliphatic heterocycles. The van der Waals surface area contributed by atoms with Crippen molar-refractivity contribution in [3.8, 4) is 0 Å². The van der Waals surface area contributed by atoms with E-state index in [0.29, 0.717) is 12.8 Å². The van der Waals surface area contributed by atoms with Crippen LogP contribution in [-0.2, 0) is 6.42 Å². The molecule has 0 atom stereocenters. The van der Waals surface area contributed by atoms with Crippen molar-refractivity contribution in [1.29, 1.82) is 0 Å². The Labute approximate surface area is 100 Å². The molecule has 0 aromatic heterocycles. The standard InChI is InChI=1S/C14H17F3/c1-11(2)13-8-6-12(7-9-13)5-3-4-10-14(15,16)17/h6-9H,1,3-5,10H2,2H3. The third-order valence-electron chi connectivity index (χ3n) is 2.62. The van der Waals surface area contributed by atoms with Crippen LogP contribution in [0.25, 0.3) is 5.57 Å². The second-order valence-electron chi connectivity index (χ2n) is 4.30.